The lowest BCUT2D eigenvalue weighted by molar-refractivity contribution is 0.452. The van der Waals surface area contributed by atoms with Gasteiger partial charge in [0.2, 0.25) is 0 Å². The number of aromatic nitrogens is 3. The Hall–Kier alpha value is -2.51. The maximum Gasteiger partial charge on any atom is 0.324 e. The molecule has 0 fully saturated rings. The second-order valence-electron chi connectivity index (χ2n) is 5.09. The summed E-state index contributed by atoms with van der Waals surface area (Å²) in [6.45, 7) is 0.268. The van der Waals surface area contributed by atoms with Crippen molar-refractivity contribution in [2.45, 2.75) is 6.54 Å². The van der Waals surface area contributed by atoms with E-state index in [0.717, 1.165) is 15.2 Å². The van der Waals surface area contributed by atoms with E-state index in [-0.39, 0.29) is 6.54 Å². The van der Waals surface area contributed by atoms with Gasteiger partial charge in [-0.2, -0.15) is 12.7 Å². The fourth-order valence-corrected chi connectivity index (χ4v) is 3.13. The molecule has 118 valence electrons. The first-order chi connectivity index (χ1) is 11.1. The molecule has 0 saturated heterocycles. The predicted molar refractivity (Wildman–Crippen MR) is 87.7 cm³/mol. The largest absolute Gasteiger partial charge is 0.324 e. The standard InChI is InChI=1S/C16H16N4O2S/c1-19(12-14-8-4-2-5-9-14)23(21,22)20-13-16(17-18-20)15-10-6-3-7-11-15/h2-11,13H,12H2,1H3. The Labute approximate surface area is 135 Å². The Morgan fingerprint density at radius 1 is 1.00 bits per heavy atom. The molecule has 0 spiro atoms. The average Bonchev–Trinajstić information content (AvgIpc) is 3.07. The molecule has 3 rings (SSSR count). The monoisotopic (exact) mass is 328 g/mol. The van der Waals surface area contributed by atoms with E-state index in [1.807, 2.05) is 60.7 Å². The molecule has 0 radical (unpaired) electrons. The normalized spacial score (nSPS) is 11.7. The fourth-order valence-electron chi connectivity index (χ4n) is 2.17. The van der Waals surface area contributed by atoms with E-state index in [2.05, 4.69) is 10.3 Å². The van der Waals surface area contributed by atoms with Gasteiger partial charge in [0, 0.05) is 19.2 Å². The van der Waals surface area contributed by atoms with Crippen molar-refractivity contribution in [3.8, 4) is 11.3 Å². The molecule has 1 aromatic heterocycles. The number of hydrogen-bond donors (Lipinski definition) is 0. The Morgan fingerprint density at radius 3 is 2.26 bits per heavy atom. The van der Waals surface area contributed by atoms with Gasteiger partial charge in [-0.15, -0.1) is 9.19 Å². The molecule has 1 heterocycles. The zero-order chi connectivity index (χ0) is 16.3. The van der Waals surface area contributed by atoms with E-state index in [1.54, 1.807) is 0 Å². The molecule has 0 N–H and O–H groups in total. The van der Waals surface area contributed by atoms with Crippen LogP contribution in [0.15, 0.2) is 66.9 Å². The van der Waals surface area contributed by atoms with Crippen LogP contribution in [0.25, 0.3) is 11.3 Å². The van der Waals surface area contributed by atoms with Crippen LogP contribution in [0.5, 0.6) is 0 Å². The molecule has 3 aromatic rings. The zero-order valence-corrected chi connectivity index (χ0v) is 13.4. The molecule has 7 heteroatoms. The van der Waals surface area contributed by atoms with E-state index in [1.165, 1.54) is 17.5 Å². The maximum absolute atomic E-state index is 12.6. The Kier molecular flexibility index (Phi) is 4.22. The topological polar surface area (TPSA) is 68.1 Å². The lowest BCUT2D eigenvalue weighted by atomic mass is 10.2. The van der Waals surface area contributed by atoms with Crippen LogP contribution < -0.4 is 0 Å². The maximum atomic E-state index is 12.6. The summed E-state index contributed by atoms with van der Waals surface area (Å²) >= 11 is 0. The van der Waals surface area contributed by atoms with Gasteiger partial charge >= 0.3 is 10.2 Å². The quantitative estimate of drug-likeness (QED) is 0.720. The van der Waals surface area contributed by atoms with Gasteiger partial charge in [-0.25, -0.2) is 0 Å². The fraction of sp³-hybridized carbons (Fsp3) is 0.125. The molecule has 0 saturated carbocycles. The first-order valence-electron chi connectivity index (χ1n) is 7.06. The number of nitrogens with zero attached hydrogens (tertiary/aromatic N) is 4. The van der Waals surface area contributed by atoms with Gasteiger partial charge in [0.1, 0.15) is 5.69 Å². The van der Waals surface area contributed by atoms with Gasteiger partial charge in [-0.1, -0.05) is 65.9 Å². The Balaban J connectivity index is 1.84. The number of benzene rings is 2. The zero-order valence-electron chi connectivity index (χ0n) is 12.6. The highest BCUT2D eigenvalue weighted by Crippen LogP contribution is 2.17. The summed E-state index contributed by atoms with van der Waals surface area (Å²) in [7, 11) is -2.23. The van der Waals surface area contributed by atoms with Crippen LogP contribution in [0.4, 0.5) is 0 Å². The van der Waals surface area contributed by atoms with Crippen LogP contribution in [0.1, 0.15) is 5.56 Å². The average molecular weight is 328 g/mol. The van der Waals surface area contributed by atoms with Crippen LogP contribution in [0, 0.1) is 0 Å². The second kappa shape index (κ2) is 6.31. The molecule has 0 amide bonds. The van der Waals surface area contributed by atoms with E-state index >= 15 is 0 Å². The molecular formula is C16H16N4O2S. The van der Waals surface area contributed by atoms with E-state index in [0.29, 0.717) is 5.69 Å². The summed E-state index contributed by atoms with van der Waals surface area (Å²) in [5, 5.41) is 7.71. The van der Waals surface area contributed by atoms with Gasteiger partial charge < -0.3 is 0 Å². The first kappa shape index (κ1) is 15.4. The lowest BCUT2D eigenvalue weighted by Gasteiger charge is -2.16. The van der Waals surface area contributed by atoms with Crippen LogP contribution in [-0.4, -0.2) is 34.2 Å². The molecule has 0 aliphatic carbocycles. The smallest absolute Gasteiger partial charge is 0.187 e. The number of rotatable bonds is 5. The molecule has 0 unspecified atom stereocenters. The summed E-state index contributed by atoms with van der Waals surface area (Å²) in [5.74, 6) is 0. The summed E-state index contributed by atoms with van der Waals surface area (Å²) in [4.78, 5) is 0. The molecule has 0 aliphatic rings. The van der Waals surface area contributed by atoms with E-state index in [9.17, 15) is 8.42 Å². The van der Waals surface area contributed by atoms with Crippen molar-refractivity contribution in [2.24, 2.45) is 0 Å². The molecule has 0 atom stereocenters. The summed E-state index contributed by atoms with van der Waals surface area (Å²) in [6, 6.07) is 18.7. The van der Waals surface area contributed by atoms with Gasteiger partial charge in [0.25, 0.3) is 0 Å². The third-order valence-electron chi connectivity index (χ3n) is 3.42. The molecule has 6 nitrogen and oxygen atoms in total. The van der Waals surface area contributed by atoms with Gasteiger partial charge in [0.05, 0.1) is 6.20 Å². The van der Waals surface area contributed by atoms with Crippen molar-refractivity contribution >= 4 is 10.2 Å². The third-order valence-corrected chi connectivity index (χ3v) is 4.99. The number of hydrogen-bond acceptors (Lipinski definition) is 4. The molecule has 23 heavy (non-hydrogen) atoms. The van der Waals surface area contributed by atoms with Crippen LogP contribution >= 0.6 is 0 Å². The SMILES string of the molecule is CN(Cc1ccccc1)S(=O)(=O)n1cc(-c2ccccc2)nn1. The predicted octanol–water partition coefficient (Wildman–Crippen LogP) is 2.17. The summed E-state index contributed by atoms with van der Waals surface area (Å²) < 4.78 is 27.3. The molecule has 2 aromatic carbocycles. The van der Waals surface area contributed by atoms with Crippen molar-refractivity contribution in [1.29, 1.82) is 0 Å². The van der Waals surface area contributed by atoms with Crippen molar-refractivity contribution < 1.29 is 8.42 Å². The minimum Gasteiger partial charge on any atom is -0.187 e. The lowest BCUT2D eigenvalue weighted by Crippen LogP contribution is -2.32. The van der Waals surface area contributed by atoms with Gasteiger partial charge in [-0.05, 0) is 5.56 Å². The van der Waals surface area contributed by atoms with E-state index < -0.39 is 10.2 Å². The summed E-state index contributed by atoms with van der Waals surface area (Å²) in [6.07, 6.45) is 1.42. The Bertz CT molecular complexity index is 877. The third kappa shape index (κ3) is 3.30. The first-order valence-corrected chi connectivity index (χ1v) is 8.45. The second-order valence-corrected chi connectivity index (χ2v) is 6.98. The minimum atomic E-state index is -3.75. The highest BCUT2D eigenvalue weighted by atomic mass is 32.2. The van der Waals surface area contributed by atoms with Crippen molar-refractivity contribution in [1.82, 2.24) is 18.7 Å². The van der Waals surface area contributed by atoms with Crippen molar-refractivity contribution in [2.75, 3.05) is 7.05 Å². The van der Waals surface area contributed by atoms with Crippen LogP contribution in [0.2, 0.25) is 0 Å². The summed E-state index contributed by atoms with van der Waals surface area (Å²) in [5.41, 5.74) is 2.24. The van der Waals surface area contributed by atoms with Crippen LogP contribution in [0.3, 0.4) is 0 Å². The molecule has 0 aliphatic heterocycles. The van der Waals surface area contributed by atoms with Crippen LogP contribution in [-0.2, 0) is 16.8 Å². The van der Waals surface area contributed by atoms with Gasteiger partial charge in [0.15, 0.2) is 0 Å². The Morgan fingerprint density at radius 2 is 1.61 bits per heavy atom. The highest BCUT2D eigenvalue weighted by molar-refractivity contribution is 7.87. The minimum absolute atomic E-state index is 0.268. The van der Waals surface area contributed by atoms with Gasteiger partial charge in [-0.3, -0.25) is 0 Å². The molecular weight excluding hydrogens is 312 g/mol. The molecule has 0 bridgehead atoms. The van der Waals surface area contributed by atoms with E-state index in [4.69, 9.17) is 0 Å². The van der Waals surface area contributed by atoms with Crippen molar-refractivity contribution in [3.63, 3.8) is 0 Å². The highest BCUT2D eigenvalue weighted by Gasteiger charge is 2.22. The van der Waals surface area contributed by atoms with Crippen molar-refractivity contribution in [3.05, 3.63) is 72.4 Å².